The number of carbonyl (C=O) groups excluding carboxylic acids is 1. The second-order valence-corrected chi connectivity index (χ2v) is 5.44. The van der Waals surface area contributed by atoms with Gasteiger partial charge in [-0.3, -0.25) is 14.5 Å². The molecule has 0 radical (unpaired) electrons. The summed E-state index contributed by atoms with van der Waals surface area (Å²) in [5.74, 6) is -1.11. The van der Waals surface area contributed by atoms with Crippen molar-refractivity contribution in [1.29, 1.82) is 0 Å². The first-order valence-corrected chi connectivity index (χ1v) is 6.96. The van der Waals surface area contributed by atoms with E-state index in [1.807, 2.05) is 4.90 Å². The van der Waals surface area contributed by atoms with Crippen molar-refractivity contribution < 1.29 is 19.8 Å². The van der Waals surface area contributed by atoms with Crippen molar-refractivity contribution >= 4 is 11.9 Å². The van der Waals surface area contributed by atoms with Crippen LogP contribution in [0.2, 0.25) is 0 Å². The molecule has 0 aromatic rings. The average molecular weight is 270 g/mol. The fourth-order valence-electron chi connectivity index (χ4n) is 3.02. The molecule has 2 fully saturated rings. The summed E-state index contributed by atoms with van der Waals surface area (Å²) in [5, 5.41) is 17.8. The fourth-order valence-corrected chi connectivity index (χ4v) is 3.02. The number of aliphatic hydroxyl groups excluding tert-OH is 1. The second kappa shape index (κ2) is 6.34. The van der Waals surface area contributed by atoms with Crippen molar-refractivity contribution in [2.45, 2.75) is 19.3 Å². The molecule has 2 rings (SSSR count). The lowest BCUT2D eigenvalue weighted by atomic mass is 10.0. The summed E-state index contributed by atoms with van der Waals surface area (Å²) in [5.41, 5.74) is 0. The predicted molar refractivity (Wildman–Crippen MR) is 68.6 cm³/mol. The smallest absolute Gasteiger partial charge is 0.306 e. The highest BCUT2D eigenvalue weighted by Crippen LogP contribution is 2.32. The number of β-amino-alcohol motifs (C(OH)–C–C–N with tert-alkyl or cyclic N) is 1. The van der Waals surface area contributed by atoms with E-state index in [0.29, 0.717) is 38.9 Å². The molecule has 1 saturated carbocycles. The summed E-state index contributed by atoms with van der Waals surface area (Å²) in [6, 6.07) is 0. The van der Waals surface area contributed by atoms with E-state index in [1.165, 1.54) is 0 Å². The van der Waals surface area contributed by atoms with E-state index in [4.69, 9.17) is 10.2 Å². The van der Waals surface area contributed by atoms with Gasteiger partial charge in [0, 0.05) is 38.6 Å². The monoisotopic (exact) mass is 270 g/mol. The molecule has 0 aromatic carbocycles. The standard InChI is InChI=1S/C13H22N2O4/c16-8-7-14-3-5-15(6-4-14)12(17)10-1-2-11(9-10)13(18)19/h10-11,16H,1-9H2,(H,18,19). The Morgan fingerprint density at radius 1 is 1.05 bits per heavy atom. The van der Waals surface area contributed by atoms with E-state index in [2.05, 4.69) is 4.90 Å². The zero-order chi connectivity index (χ0) is 13.8. The van der Waals surface area contributed by atoms with Gasteiger partial charge in [-0.05, 0) is 19.3 Å². The van der Waals surface area contributed by atoms with Crippen LogP contribution in [-0.4, -0.2) is 71.2 Å². The van der Waals surface area contributed by atoms with Crippen LogP contribution in [0.15, 0.2) is 0 Å². The van der Waals surface area contributed by atoms with Crippen molar-refractivity contribution in [2.75, 3.05) is 39.3 Å². The van der Waals surface area contributed by atoms with E-state index in [1.54, 1.807) is 0 Å². The molecule has 1 aliphatic carbocycles. The number of aliphatic hydroxyl groups is 1. The minimum Gasteiger partial charge on any atom is -0.481 e. The Balaban J connectivity index is 1.80. The average Bonchev–Trinajstić information content (AvgIpc) is 2.89. The summed E-state index contributed by atoms with van der Waals surface area (Å²) in [6.07, 6.45) is 1.81. The molecule has 108 valence electrons. The number of nitrogens with zero attached hydrogens (tertiary/aromatic N) is 2. The number of carboxylic acid groups (broad SMARTS) is 1. The van der Waals surface area contributed by atoms with Gasteiger partial charge in [0.05, 0.1) is 12.5 Å². The zero-order valence-corrected chi connectivity index (χ0v) is 11.1. The first-order chi connectivity index (χ1) is 9.11. The van der Waals surface area contributed by atoms with Crippen LogP contribution in [0.1, 0.15) is 19.3 Å². The number of piperazine rings is 1. The molecule has 6 heteroatoms. The molecular weight excluding hydrogens is 248 g/mol. The molecule has 1 heterocycles. The molecule has 6 nitrogen and oxygen atoms in total. The van der Waals surface area contributed by atoms with Gasteiger partial charge in [-0.15, -0.1) is 0 Å². The lowest BCUT2D eigenvalue weighted by Crippen LogP contribution is -2.50. The highest BCUT2D eigenvalue weighted by Gasteiger charge is 2.36. The molecule has 2 unspecified atom stereocenters. The summed E-state index contributed by atoms with van der Waals surface area (Å²) >= 11 is 0. The van der Waals surface area contributed by atoms with Crippen molar-refractivity contribution in [3.63, 3.8) is 0 Å². The number of rotatable bonds is 4. The second-order valence-electron chi connectivity index (χ2n) is 5.44. The lowest BCUT2D eigenvalue weighted by Gasteiger charge is -2.35. The molecular formula is C13H22N2O4. The van der Waals surface area contributed by atoms with Gasteiger partial charge in [-0.25, -0.2) is 0 Å². The normalized spacial score (nSPS) is 28.6. The molecule has 0 bridgehead atoms. The van der Waals surface area contributed by atoms with Crippen molar-refractivity contribution in [1.82, 2.24) is 9.80 Å². The largest absolute Gasteiger partial charge is 0.481 e. The third-order valence-corrected chi connectivity index (χ3v) is 4.23. The molecule has 2 N–H and O–H groups in total. The van der Waals surface area contributed by atoms with E-state index in [0.717, 1.165) is 13.1 Å². The van der Waals surface area contributed by atoms with E-state index in [9.17, 15) is 9.59 Å². The molecule has 2 aliphatic rings. The Morgan fingerprint density at radius 3 is 2.21 bits per heavy atom. The molecule has 0 spiro atoms. The van der Waals surface area contributed by atoms with Crippen LogP contribution in [-0.2, 0) is 9.59 Å². The van der Waals surface area contributed by atoms with Gasteiger partial charge in [0.2, 0.25) is 5.91 Å². The quantitative estimate of drug-likeness (QED) is 0.728. The molecule has 1 saturated heterocycles. The topological polar surface area (TPSA) is 81.1 Å². The first-order valence-electron chi connectivity index (χ1n) is 6.96. The number of hydrogen-bond acceptors (Lipinski definition) is 4. The van der Waals surface area contributed by atoms with Gasteiger partial charge in [0.15, 0.2) is 0 Å². The fraction of sp³-hybridized carbons (Fsp3) is 0.846. The van der Waals surface area contributed by atoms with Gasteiger partial charge in [0.1, 0.15) is 0 Å². The third kappa shape index (κ3) is 3.45. The van der Waals surface area contributed by atoms with Gasteiger partial charge < -0.3 is 15.1 Å². The summed E-state index contributed by atoms with van der Waals surface area (Å²) in [7, 11) is 0. The molecule has 1 amide bonds. The maximum Gasteiger partial charge on any atom is 0.306 e. The van der Waals surface area contributed by atoms with Gasteiger partial charge in [0.25, 0.3) is 0 Å². The van der Waals surface area contributed by atoms with E-state index < -0.39 is 5.97 Å². The molecule has 19 heavy (non-hydrogen) atoms. The lowest BCUT2D eigenvalue weighted by molar-refractivity contribution is -0.142. The van der Waals surface area contributed by atoms with Crippen LogP contribution >= 0.6 is 0 Å². The van der Waals surface area contributed by atoms with Crippen LogP contribution in [0.3, 0.4) is 0 Å². The number of aliphatic carboxylic acids is 1. The Kier molecular flexibility index (Phi) is 4.76. The summed E-state index contributed by atoms with van der Waals surface area (Å²) in [4.78, 5) is 27.2. The Bertz CT molecular complexity index is 340. The van der Waals surface area contributed by atoms with Gasteiger partial charge in [-0.1, -0.05) is 0 Å². The van der Waals surface area contributed by atoms with Crippen LogP contribution in [0.4, 0.5) is 0 Å². The predicted octanol–water partition coefficient (Wildman–Crippen LogP) is -0.376. The minimum absolute atomic E-state index is 0.106. The third-order valence-electron chi connectivity index (χ3n) is 4.23. The number of carboxylic acids is 1. The maximum absolute atomic E-state index is 12.3. The Labute approximate surface area is 113 Å². The van der Waals surface area contributed by atoms with Crippen molar-refractivity contribution in [2.24, 2.45) is 11.8 Å². The van der Waals surface area contributed by atoms with Crippen molar-refractivity contribution in [3.8, 4) is 0 Å². The Morgan fingerprint density at radius 2 is 1.68 bits per heavy atom. The maximum atomic E-state index is 12.3. The SMILES string of the molecule is O=C(O)C1CCC(C(=O)N2CCN(CCO)CC2)C1. The Hall–Kier alpha value is -1.14. The van der Waals surface area contributed by atoms with Crippen LogP contribution < -0.4 is 0 Å². The van der Waals surface area contributed by atoms with Gasteiger partial charge in [-0.2, -0.15) is 0 Å². The number of amides is 1. The van der Waals surface area contributed by atoms with E-state index in [-0.39, 0.29) is 24.3 Å². The summed E-state index contributed by atoms with van der Waals surface area (Å²) in [6.45, 7) is 3.77. The zero-order valence-electron chi connectivity index (χ0n) is 11.1. The molecule has 0 aromatic heterocycles. The first kappa shape index (κ1) is 14.3. The van der Waals surface area contributed by atoms with Crippen LogP contribution in [0.25, 0.3) is 0 Å². The van der Waals surface area contributed by atoms with Crippen LogP contribution in [0, 0.1) is 11.8 Å². The van der Waals surface area contributed by atoms with Crippen LogP contribution in [0.5, 0.6) is 0 Å². The summed E-state index contributed by atoms with van der Waals surface area (Å²) < 4.78 is 0. The minimum atomic E-state index is -0.775. The number of hydrogen-bond donors (Lipinski definition) is 2. The number of carbonyl (C=O) groups is 2. The van der Waals surface area contributed by atoms with E-state index >= 15 is 0 Å². The van der Waals surface area contributed by atoms with Crippen molar-refractivity contribution in [3.05, 3.63) is 0 Å². The highest BCUT2D eigenvalue weighted by atomic mass is 16.4. The van der Waals surface area contributed by atoms with Gasteiger partial charge >= 0.3 is 5.97 Å². The molecule has 1 aliphatic heterocycles. The molecule has 2 atom stereocenters. The highest BCUT2D eigenvalue weighted by molar-refractivity contribution is 5.81.